The number of aromatic nitrogens is 1. The minimum absolute atomic E-state index is 0.0225. The van der Waals surface area contributed by atoms with Crippen LogP contribution in [0.3, 0.4) is 0 Å². The molecule has 0 spiro atoms. The number of benzene rings is 1. The van der Waals surface area contributed by atoms with Crippen molar-refractivity contribution in [2.45, 2.75) is 26.3 Å². The number of amides is 1. The molecule has 18 heavy (non-hydrogen) atoms. The number of carbonyl (C=O) groups excluding carboxylic acids is 1. The molecule has 1 aromatic carbocycles. The molecule has 0 bridgehead atoms. The molecule has 1 amide bonds. The number of hydrogen-bond donors (Lipinski definition) is 2. The van der Waals surface area contributed by atoms with Crippen molar-refractivity contribution in [3.05, 3.63) is 29.7 Å². The third kappa shape index (κ3) is 3.07. The lowest BCUT2D eigenvalue weighted by atomic mass is 10.2. The monoisotopic (exact) mass is 247 g/mol. The Morgan fingerprint density at radius 1 is 1.50 bits per heavy atom. The Hall–Kier alpha value is -1.88. The number of aryl methyl sites for hydroxylation is 1. The second-order valence-corrected chi connectivity index (χ2v) is 4.20. The van der Waals surface area contributed by atoms with Gasteiger partial charge < -0.3 is 15.5 Å². The van der Waals surface area contributed by atoms with Gasteiger partial charge in [0, 0.05) is 19.9 Å². The summed E-state index contributed by atoms with van der Waals surface area (Å²) < 4.78 is 5.44. The second kappa shape index (κ2) is 5.64. The molecule has 1 aromatic heterocycles. The van der Waals surface area contributed by atoms with E-state index in [1.54, 1.807) is 0 Å². The Morgan fingerprint density at radius 2 is 2.33 bits per heavy atom. The van der Waals surface area contributed by atoms with Crippen LogP contribution in [0, 0.1) is 6.92 Å². The van der Waals surface area contributed by atoms with Crippen molar-refractivity contribution in [1.29, 1.82) is 0 Å². The molecule has 2 rings (SSSR count). The van der Waals surface area contributed by atoms with E-state index in [0.29, 0.717) is 31.8 Å². The summed E-state index contributed by atoms with van der Waals surface area (Å²) in [5.74, 6) is 0.670. The van der Waals surface area contributed by atoms with Crippen LogP contribution in [0.5, 0.6) is 0 Å². The summed E-state index contributed by atoms with van der Waals surface area (Å²) in [5, 5.41) is 2.85. The number of carbonyl (C=O) groups is 1. The number of nitrogens with one attached hydrogen (secondary N) is 1. The molecule has 3 N–H and O–H groups in total. The molecular weight excluding hydrogens is 230 g/mol. The van der Waals surface area contributed by atoms with E-state index in [4.69, 9.17) is 10.2 Å². The maximum atomic E-state index is 11.4. The van der Waals surface area contributed by atoms with Gasteiger partial charge >= 0.3 is 0 Å². The number of oxazole rings is 1. The lowest BCUT2D eigenvalue weighted by Gasteiger charge is -2.04. The Balaban J connectivity index is 1.97. The summed E-state index contributed by atoms with van der Waals surface area (Å²) in [4.78, 5) is 15.7. The van der Waals surface area contributed by atoms with E-state index in [1.165, 1.54) is 0 Å². The van der Waals surface area contributed by atoms with Crippen LogP contribution in [0.15, 0.2) is 22.6 Å². The molecule has 0 radical (unpaired) electrons. The van der Waals surface area contributed by atoms with Gasteiger partial charge in [0.05, 0.1) is 0 Å². The van der Waals surface area contributed by atoms with E-state index in [9.17, 15) is 4.79 Å². The number of hydrogen-bond acceptors (Lipinski definition) is 4. The van der Waals surface area contributed by atoms with E-state index in [-0.39, 0.29) is 5.91 Å². The lowest BCUT2D eigenvalue weighted by Crippen LogP contribution is -2.23. The van der Waals surface area contributed by atoms with Crippen LogP contribution in [-0.4, -0.2) is 17.4 Å². The average molecular weight is 247 g/mol. The quantitative estimate of drug-likeness (QED) is 0.838. The van der Waals surface area contributed by atoms with Crippen molar-refractivity contribution in [3.63, 3.8) is 0 Å². The fourth-order valence-electron chi connectivity index (χ4n) is 1.75. The summed E-state index contributed by atoms with van der Waals surface area (Å²) in [5.41, 5.74) is 7.94. The number of nitrogens with zero attached hydrogens (tertiary/aromatic N) is 1. The predicted octanol–water partition coefficient (Wildman–Crippen LogP) is 1.49. The van der Waals surface area contributed by atoms with Gasteiger partial charge in [0.1, 0.15) is 5.52 Å². The molecule has 1 heterocycles. The van der Waals surface area contributed by atoms with Crippen molar-refractivity contribution in [2.24, 2.45) is 5.73 Å². The first-order valence-electron chi connectivity index (χ1n) is 6.02. The van der Waals surface area contributed by atoms with Crippen LogP contribution >= 0.6 is 0 Å². The van der Waals surface area contributed by atoms with Crippen LogP contribution < -0.4 is 11.1 Å². The molecular formula is C13H17N3O2. The first kappa shape index (κ1) is 12.6. The Kier molecular flexibility index (Phi) is 3.94. The summed E-state index contributed by atoms with van der Waals surface area (Å²) in [6, 6.07) is 5.74. The predicted molar refractivity (Wildman–Crippen MR) is 68.9 cm³/mol. The molecule has 0 saturated heterocycles. The topological polar surface area (TPSA) is 81.2 Å². The molecule has 0 saturated carbocycles. The van der Waals surface area contributed by atoms with Gasteiger partial charge in [0.15, 0.2) is 11.5 Å². The highest BCUT2D eigenvalue weighted by Gasteiger charge is 2.04. The van der Waals surface area contributed by atoms with Gasteiger partial charge in [0.25, 0.3) is 0 Å². The molecule has 0 aliphatic carbocycles. The van der Waals surface area contributed by atoms with Gasteiger partial charge in [-0.3, -0.25) is 4.79 Å². The van der Waals surface area contributed by atoms with Crippen molar-refractivity contribution >= 4 is 17.0 Å². The largest absolute Gasteiger partial charge is 0.441 e. The lowest BCUT2D eigenvalue weighted by molar-refractivity contribution is -0.121. The smallest absolute Gasteiger partial charge is 0.220 e. The van der Waals surface area contributed by atoms with Gasteiger partial charge in [-0.15, -0.1) is 0 Å². The number of fused-ring (bicyclic) bond motifs is 1. The molecule has 2 aromatic rings. The van der Waals surface area contributed by atoms with E-state index < -0.39 is 0 Å². The normalized spacial score (nSPS) is 10.8. The van der Waals surface area contributed by atoms with Gasteiger partial charge in [0.2, 0.25) is 5.91 Å². The summed E-state index contributed by atoms with van der Waals surface area (Å²) in [6.07, 6.45) is 1.19. The minimum atomic E-state index is 0.0225. The highest BCUT2D eigenvalue weighted by atomic mass is 16.3. The van der Waals surface area contributed by atoms with Crippen LogP contribution in [0.2, 0.25) is 0 Å². The zero-order chi connectivity index (χ0) is 13.0. The Labute approximate surface area is 105 Å². The molecule has 0 unspecified atom stereocenters. The molecule has 0 atom stereocenters. The van der Waals surface area contributed by atoms with Gasteiger partial charge in [-0.25, -0.2) is 4.98 Å². The number of nitrogens with two attached hydrogens (primary N) is 1. The van der Waals surface area contributed by atoms with E-state index in [2.05, 4.69) is 10.3 Å². The fourth-order valence-corrected chi connectivity index (χ4v) is 1.75. The second-order valence-electron chi connectivity index (χ2n) is 4.20. The van der Waals surface area contributed by atoms with Crippen LogP contribution in [0.1, 0.15) is 24.3 Å². The third-order valence-corrected chi connectivity index (χ3v) is 2.66. The van der Waals surface area contributed by atoms with E-state index in [0.717, 1.165) is 16.7 Å². The van der Waals surface area contributed by atoms with Crippen molar-refractivity contribution in [1.82, 2.24) is 10.3 Å². The summed E-state index contributed by atoms with van der Waals surface area (Å²) in [6.45, 7) is 2.85. The SMILES string of the molecule is Cc1nc2ccc(CNC(=O)CCCN)cc2o1. The Morgan fingerprint density at radius 3 is 3.11 bits per heavy atom. The van der Waals surface area contributed by atoms with Crippen molar-refractivity contribution in [2.75, 3.05) is 6.54 Å². The first-order chi connectivity index (χ1) is 8.69. The molecule has 0 fully saturated rings. The molecule has 0 aliphatic rings. The van der Waals surface area contributed by atoms with Crippen molar-refractivity contribution < 1.29 is 9.21 Å². The maximum absolute atomic E-state index is 11.4. The summed E-state index contributed by atoms with van der Waals surface area (Å²) >= 11 is 0. The van der Waals surface area contributed by atoms with Crippen LogP contribution in [0.25, 0.3) is 11.1 Å². The highest BCUT2D eigenvalue weighted by Crippen LogP contribution is 2.16. The zero-order valence-electron chi connectivity index (χ0n) is 10.4. The Bertz CT molecular complexity index is 548. The molecule has 0 aliphatic heterocycles. The summed E-state index contributed by atoms with van der Waals surface area (Å²) in [7, 11) is 0. The number of rotatable bonds is 5. The van der Waals surface area contributed by atoms with E-state index >= 15 is 0 Å². The van der Waals surface area contributed by atoms with Gasteiger partial charge in [-0.1, -0.05) is 6.07 Å². The van der Waals surface area contributed by atoms with Crippen LogP contribution in [0.4, 0.5) is 0 Å². The third-order valence-electron chi connectivity index (χ3n) is 2.66. The zero-order valence-corrected chi connectivity index (χ0v) is 10.4. The van der Waals surface area contributed by atoms with Gasteiger partial charge in [-0.05, 0) is 30.7 Å². The average Bonchev–Trinajstić information content (AvgIpc) is 2.73. The maximum Gasteiger partial charge on any atom is 0.220 e. The molecule has 5 heteroatoms. The van der Waals surface area contributed by atoms with E-state index in [1.807, 2.05) is 25.1 Å². The molecule has 5 nitrogen and oxygen atoms in total. The first-order valence-corrected chi connectivity index (χ1v) is 6.02. The van der Waals surface area contributed by atoms with Crippen molar-refractivity contribution in [3.8, 4) is 0 Å². The fraction of sp³-hybridized carbons (Fsp3) is 0.385. The standard InChI is InChI=1S/C13H17N3O2/c1-9-16-11-5-4-10(7-12(11)18-9)8-15-13(17)3-2-6-14/h4-5,7H,2-3,6,8,14H2,1H3,(H,15,17). The van der Waals surface area contributed by atoms with Crippen LogP contribution in [-0.2, 0) is 11.3 Å². The minimum Gasteiger partial charge on any atom is -0.441 e. The highest BCUT2D eigenvalue weighted by molar-refractivity contribution is 5.76. The molecule has 96 valence electrons. The van der Waals surface area contributed by atoms with Gasteiger partial charge in [-0.2, -0.15) is 0 Å².